The molecule has 1 amide bonds. The Bertz CT molecular complexity index is 198. The van der Waals surface area contributed by atoms with Crippen molar-refractivity contribution in [1.29, 1.82) is 0 Å². The first-order valence-electron chi connectivity index (χ1n) is 5.80. The van der Waals surface area contributed by atoms with E-state index < -0.39 is 0 Å². The fourth-order valence-corrected chi connectivity index (χ4v) is 1.72. The highest BCUT2D eigenvalue weighted by molar-refractivity contribution is 5.79. The third-order valence-electron chi connectivity index (χ3n) is 2.70. The molecule has 0 aromatic carbocycles. The lowest BCUT2D eigenvalue weighted by atomic mass is 10.1. The molecule has 0 aromatic heterocycles. The molecule has 1 saturated heterocycles. The van der Waals surface area contributed by atoms with E-state index in [0.717, 1.165) is 18.9 Å². The highest BCUT2D eigenvalue weighted by Crippen LogP contribution is 2.25. The standard InChI is InChI=1S/C12H23NO/c1-9(2)5-6-11-8-13(11)12(14)7-10(3)4/h9-11H,5-8H2,1-4H3. The Balaban J connectivity index is 2.15. The fraction of sp³-hybridized carbons (Fsp3) is 0.917. The Morgan fingerprint density at radius 2 is 1.93 bits per heavy atom. The molecule has 1 fully saturated rings. The summed E-state index contributed by atoms with van der Waals surface area (Å²) >= 11 is 0. The van der Waals surface area contributed by atoms with Crippen molar-refractivity contribution in [2.75, 3.05) is 6.54 Å². The number of nitrogens with zero attached hydrogens (tertiary/aromatic N) is 1. The van der Waals surface area contributed by atoms with E-state index in [1.807, 2.05) is 4.90 Å². The maximum absolute atomic E-state index is 11.6. The molecule has 1 rings (SSSR count). The number of carbonyl (C=O) groups is 1. The van der Waals surface area contributed by atoms with Crippen LogP contribution in [0.4, 0.5) is 0 Å². The molecule has 0 N–H and O–H groups in total. The number of hydrogen-bond donors (Lipinski definition) is 0. The largest absolute Gasteiger partial charge is 0.336 e. The van der Waals surface area contributed by atoms with Crippen molar-refractivity contribution in [2.45, 2.75) is 53.0 Å². The second-order valence-electron chi connectivity index (χ2n) is 5.27. The van der Waals surface area contributed by atoms with Crippen LogP contribution in [0.3, 0.4) is 0 Å². The zero-order valence-corrected chi connectivity index (χ0v) is 9.92. The first kappa shape index (κ1) is 11.5. The molecule has 1 aliphatic rings. The van der Waals surface area contributed by atoms with E-state index in [9.17, 15) is 4.79 Å². The van der Waals surface area contributed by atoms with E-state index in [-0.39, 0.29) is 0 Å². The summed E-state index contributed by atoms with van der Waals surface area (Å²) in [5, 5.41) is 0. The predicted molar refractivity (Wildman–Crippen MR) is 59.0 cm³/mol. The van der Waals surface area contributed by atoms with Crippen LogP contribution >= 0.6 is 0 Å². The molecule has 0 aromatic rings. The quantitative estimate of drug-likeness (QED) is 0.620. The summed E-state index contributed by atoms with van der Waals surface area (Å²) in [6, 6.07) is 0.573. The van der Waals surface area contributed by atoms with Crippen LogP contribution in [0, 0.1) is 11.8 Å². The van der Waals surface area contributed by atoms with Gasteiger partial charge in [0, 0.05) is 19.0 Å². The van der Waals surface area contributed by atoms with Gasteiger partial charge in [-0.2, -0.15) is 0 Å². The van der Waals surface area contributed by atoms with Gasteiger partial charge >= 0.3 is 0 Å². The van der Waals surface area contributed by atoms with Crippen molar-refractivity contribution in [2.24, 2.45) is 11.8 Å². The van der Waals surface area contributed by atoms with E-state index >= 15 is 0 Å². The zero-order chi connectivity index (χ0) is 10.7. The Morgan fingerprint density at radius 3 is 2.43 bits per heavy atom. The molecule has 82 valence electrons. The smallest absolute Gasteiger partial charge is 0.223 e. The molecule has 0 saturated carbocycles. The van der Waals surface area contributed by atoms with Crippen LogP contribution in [0.1, 0.15) is 47.0 Å². The lowest BCUT2D eigenvalue weighted by Crippen LogP contribution is -2.15. The van der Waals surface area contributed by atoms with Crippen molar-refractivity contribution in [3.63, 3.8) is 0 Å². The van der Waals surface area contributed by atoms with E-state index in [1.165, 1.54) is 12.8 Å². The van der Waals surface area contributed by atoms with Gasteiger partial charge in [-0.3, -0.25) is 4.79 Å². The number of hydrogen-bond acceptors (Lipinski definition) is 1. The average molecular weight is 197 g/mol. The van der Waals surface area contributed by atoms with Crippen LogP contribution in [-0.4, -0.2) is 23.4 Å². The summed E-state index contributed by atoms with van der Waals surface area (Å²) < 4.78 is 0. The van der Waals surface area contributed by atoms with Gasteiger partial charge in [0.25, 0.3) is 0 Å². The molecule has 1 unspecified atom stereocenters. The van der Waals surface area contributed by atoms with Gasteiger partial charge < -0.3 is 4.90 Å². The number of carbonyl (C=O) groups excluding carboxylic acids is 1. The first-order chi connectivity index (χ1) is 6.50. The van der Waals surface area contributed by atoms with Crippen molar-refractivity contribution in [3.05, 3.63) is 0 Å². The Hall–Kier alpha value is -0.530. The lowest BCUT2D eigenvalue weighted by Gasteiger charge is -2.07. The van der Waals surface area contributed by atoms with E-state index in [1.54, 1.807) is 0 Å². The monoisotopic (exact) mass is 197 g/mol. The molecule has 1 heterocycles. The summed E-state index contributed by atoms with van der Waals surface area (Å²) in [6.07, 6.45) is 3.16. The molecule has 0 spiro atoms. The first-order valence-corrected chi connectivity index (χ1v) is 5.80. The molecule has 0 bridgehead atoms. The van der Waals surface area contributed by atoms with Crippen molar-refractivity contribution < 1.29 is 4.79 Å². The SMILES string of the molecule is CC(C)CCC1CN1C(=O)CC(C)C. The Morgan fingerprint density at radius 1 is 1.29 bits per heavy atom. The van der Waals surface area contributed by atoms with Gasteiger partial charge in [-0.1, -0.05) is 27.7 Å². The predicted octanol–water partition coefficient (Wildman–Crippen LogP) is 2.68. The molecule has 1 atom stereocenters. The van der Waals surface area contributed by atoms with E-state index in [0.29, 0.717) is 17.9 Å². The van der Waals surface area contributed by atoms with Gasteiger partial charge in [0.15, 0.2) is 0 Å². The average Bonchev–Trinajstić information content (AvgIpc) is 2.78. The molecular weight excluding hydrogens is 174 g/mol. The van der Waals surface area contributed by atoms with Gasteiger partial charge in [-0.25, -0.2) is 0 Å². The van der Waals surface area contributed by atoms with E-state index in [4.69, 9.17) is 0 Å². The minimum absolute atomic E-state index is 0.355. The van der Waals surface area contributed by atoms with Crippen LogP contribution in [0.25, 0.3) is 0 Å². The van der Waals surface area contributed by atoms with Crippen molar-refractivity contribution in [3.8, 4) is 0 Å². The fourth-order valence-electron chi connectivity index (χ4n) is 1.72. The zero-order valence-electron chi connectivity index (χ0n) is 9.92. The van der Waals surface area contributed by atoms with Crippen LogP contribution in [0.2, 0.25) is 0 Å². The van der Waals surface area contributed by atoms with Crippen LogP contribution < -0.4 is 0 Å². The van der Waals surface area contributed by atoms with Crippen LogP contribution in [0.5, 0.6) is 0 Å². The number of rotatable bonds is 5. The minimum Gasteiger partial charge on any atom is -0.336 e. The summed E-state index contributed by atoms with van der Waals surface area (Å²) in [7, 11) is 0. The molecule has 2 nitrogen and oxygen atoms in total. The van der Waals surface area contributed by atoms with Gasteiger partial charge in [-0.05, 0) is 24.7 Å². The molecule has 0 radical (unpaired) electrons. The molecule has 14 heavy (non-hydrogen) atoms. The summed E-state index contributed by atoms with van der Waals surface area (Å²) in [4.78, 5) is 13.6. The van der Waals surface area contributed by atoms with Crippen LogP contribution in [0.15, 0.2) is 0 Å². The van der Waals surface area contributed by atoms with Gasteiger partial charge in [0.05, 0.1) is 0 Å². The van der Waals surface area contributed by atoms with Gasteiger partial charge in [0.1, 0.15) is 0 Å². The molecular formula is C12H23NO. The second kappa shape index (κ2) is 4.81. The maximum Gasteiger partial charge on any atom is 0.223 e. The van der Waals surface area contributed by atoms with Crippen molar-refractivity contribution in [1.82, 2.24) is 4.90 Å². The summed E-state index contributed by atoms with van der Waals surface area (Å²) in [5.74, 6) is 1.61. The normalized spacial score (nSPS) is 20.7. The third kappa shape index (κ3) is 3.69. The third-order valence-corrected chi connectivity index (χ3v) is 2.70. The Labute approximate surface area is 87.7 Å². The lowest BCUT2D eigenvalue weighted by molar-refractivity contribution is -0.127. The van der Waals surface area contributed by atoms with E-state index in [2.05, 4.69) is 27.7 Å². The highest BCUT2D eigenvalue weighted by atomic mass is 16.2. The molecule has 0 aliphatic carbocycles. The minimum atomic E-state index is 0.355. The highest BCUT2D eigenvalue weighted by Gasteiger charge is 2.37. The topological polar surface area (TPSA) is 20.1 Å². The molecule has 1 aliphatic heterocycles. The van der Waals surface area contributed by atoms with Crippen molar-refractivity contribution >= 4 is 5.91 Å². The maximum atomic E-state index is 11.6. The molecule has 2 heteroatoms. The second-order valence-corrected chi connectivity index (χ2v) is 5.27. The Kier molecular flexibility index (Phi) is 3.97. The van der Waals surface area contributed by atoms with Gasteiger partial charge in [0.2, 0.25) is 5.91 Å². The number of amides is 1. The summed E-state index contributed by atoms with van der Waals surface area (Å²) in [6.45, 7) is 9.69. The summed E-state index contributed by atoms with van der Waals surface area (Å²) in [5.41, 5.74) is 0. The van der Waals surface area contributed by atoms with Crippen LogP contribution in [-0.2, 0) is 4.79 Å². The van der Waals surface area contributed by atoms with Gasteiger partial charge in [-0.15, -0.1) is 0 Å².